The van der Waals surface area contributed by atoms with E-state index in [1.807, 2.05) is 48.6 Å². The first-order valence-corrected chi connectivity index (χ1v) is 10.4. The summed E-state index contributed by atoms with van der Waals surface area (Å²) in [6.07, 6.45) is 5.60. The summed E-state index contributed by atoms with van der Waals surface area (Å²) in [7, 11) is 0. The number of aromatic hydroxyl groups is 2. The van der Waals surface area contributed by atoms with Gasteiger partial charge in [0.25, 0.3) is 0 Å². The molecule has 0 amide bonds. The fourth-order valence-electron chi connectivity index (χ4n) is 2.89. The Morgan fingerprint density at radius 2 is 1.53 bits per heavy atom. The summed E-state index contributed by atoms with van der Waals surface area (Å²) in [5.74, 6) is -1.91. The Balaban J connectivity index is 0.000000456. The molecule has 0 saturated carbocycles. The van der Waals surface area contributed by atoms with Crippen LogP contribution in [0.3, 0.4) is 0 Å². The number of ketones is 1. The number of cyclic esters (lactones) is 1. The number of hydrogen-bond donors (Lipinski definition) is 2. The lowest BCUT2D eigenvalue weighted by Gasteiger charge is -2.15. The third-order valence-electron chi connectivity index (χ3n) is 4.35. The maximum Gasteiger partial charge on any atom is 0.342 e. The highest BCUT2D eigenvalue weighted by atomic mass is 35.5. The Morgan fingerprint density at radius 3 is 2.17 bits per heavy atom. The number of carbonyl (C=O) groups is 2. The Kier molecular flexibility index (Phi) is 9.71. The largest absolute Gasteiger partial charge is 0.507 e. The van der Waals surface area contributed by atoms with Gasteiger partial charge in [-0.15, -0.1) is 11.6 Å². The van der Waals surface area contributed by atoms with E-state index in [-0.39, 0.29) is 46.8 Å². The second-order valence-electron chi connectivity index (χ2n) is 6.73. The second-order valence-corrected chi connectivity index (χ2v) is 7.72. The number of benzene rings is 2. The molecule has 0 aliphatic carbocycles. The molecule has 1 aliphatic rings. The van der Waals surface area contributed by atoms with E-state index in [1.165, 1.54) is 0 Å². The van der Waals surface area contributed by atoms with Crippen molar-refractivity contribution in [2.45, 2.75) is 37.5 Å². The summed E-state index contributed by atoms with van der Waals surface area (Å²) in [6.45, 7) is 0.130. The molecule has 0 saturated heterocycles. The minimum atomic E-state index is -0.787. The normalized spacial score (nSPS) is 18.8. The number of fused-ring (bicyclic) bond motifs is 1. The quantitative estimate of drug-likeness (QED) is 0.317. The highest BCUT2D eigenvalue weighted by molar-refractivity contribution is 6.33. The van der Waals surface area contributed by atoms with Crippen molar-refractivity contribution in [1.82, 2.24) is 0 Å². The third-order valence-corrected chi connectivity index (χ3v) is 5.14. The van der Waals surface area contributed by atoms with Gasteiger partial charge in [0.05, 0.1) is 11.6 Å². The number of alkyl halides is 1. The SMILES string of the molecule is O=C1Cc2c(Cl)c(O)cc(O)c2C(=O)OCC/C=C/CCC(Cl)C1.c1ccccc1. The van der Waals surface area contributed by atoms with Gasteiger partial charge < -0.3 is 14.9 Å². The topological polar surface area (TPSA) is 83.8 Å². The van der Waals surface area contributed by atoms with Crippen LogP contribution in [0, 0.1) is 0 Å². The van der Waals surface area contributed by atoms with Gasteiger partial charge in [0.15, 0.2) is 0 Å². The van der Waals surface area contributed by atoms with Gasteiger partial charge in [0.2, 0.25) is 0 Å². The van der Waals surface area contributed by atoms with E-state index in [1.54, 1.807) is 0 Å². The maximum atomic E-state index is 12.2. The zero-order valence-electron chi connectivity index (χ0n) is 16.4. The van der Waals surface area contributed by atoms with E-state index in [0.29, 0.717) is 12.8 Å². The summed E-state index contributed by atoms with van der Waals surface area (Å²) in [5, 5.41) is 19.3. The van der Waals surface area contributed by atoms with Crippen LogP contribution < -0.4 is 0 Å². The second kappa shape index (κ2) is 12.3. The van der Waals surface area contributed by atoms with Crippen LogP contribution in [0.2, 0.25) is 5.02 Å². The summed E-state index contributed by atoms with van der Waals surface area (Å²) in [5.41, 5.74) is -0.140. The highest BCUT2D eigenvalue weighted by Gasteiger charge is 2.25. The number of phenolic OH excluding ortho intramolecular Hbond substituents is 2. The Hall–Kier alpha value is -2.50. The number of esters is 1. The first-order chi connectivity index (χ1) is 14.4. The lowest BCUT2D eigenvalue weighted by molar-refractivity contribution is -0.118. The van der Waals surface area contributed by atoms with Crippen molar-refractivity contribution in [2.24, 2.45) is 0 Å². The molecule has 7 heteroatoms. The van der Waals surface area contributed by atoms with Gasteiger partial charge in [-0.2, -0.15) is 0 Å². The molecule has 2 N–H and O–H groups in total. The van der Waals surface area contributed by atoms with Crippen molar-refractivity contribution in [1.29, 1.82) is 0 Å². The molecular weight excluding hydrogens is 427 g/mol. The van der Waals surface area contributed by atoms with Gasteiger partial charge in [0.1, 0.15) is 22.8 Å². The molecule has 5 nitrogen and oxygen atoms in total. The molecule has 1 heterocycles. The van der Waals surface area contributed by atoms with Crippen LogP contribution in [0.25, 0.3) is 0 Å². The molecule has 3 rings (SSSR count). The number of hydrogen-bond acceptors (Lipinski definition) is 5. The minimum Gasteiger partial charge on any atom is -0.507 e. The molecule has 0 bridgehead atoms. The number of Topliss-reactive ketones (excluding diaryl/α,β-unsaturated/α-hetero) is 1. The molecule has 0 aromatic heterocycles. The Labute approximate surface area is 185 Å². The summed E-state index contributed by atoms with van der Waals surface area (Å²) in [4.78, 5) is 24.5. The average molecular weight is 451 g/mol. The van der Waals surface area contributed by atoms with Crippen molar-refractivity contribution in [3.05, 3.63) is 70.8 Å². The monoisotopic (exact) mass is 450 g/mol. The van der Waals surface area contributed by atoms with Crippen LogP contribution in [0.1, 0.15) is 41.6 Å². The summed E-state index contributed by atoms with van der Waals surface area (Å²) < 4.78 is 5.12. The number of allylic oxidation sites excluding steroid dienone is 1. The number of phenols is 2. The minimum absolute atomic E-state index is 0.0561. The van der Waals surface area contributed by atoms with Crippen molar-refractivity contribution in [2.75, 3.05) is 6.61 Å². The molecule has 160 valence electrons. The third kappa shape index (κ3) is 7.39. The first-order valence-electron chi connectivity index (χ1n) is 9.61. The lowest BCUT2D eigenvalue weighted by atomic mass is 9.98. The number of halogens is 2. The molecule has 2 aromatic rings. The van der Waals surface area contributed by atoms with Gasteiger partial charge >= 0.3 is 5.97 Å². The molecule has 0 fully saturated rings. The van der Waals surface area contributed by atoms with E-state index in [9.17, 15) is 19.8 Å². The first kappa shape index (κ1) is 23.8. The predicted molar refractivity (Wildman–Crippen MR) is 117 cm³/mol. The molecule has 30 heavy (non-hydrogen) atoms. The average Bonchev–Trinajstić information content (AvgIpc) is 2.72. The standard InChI is InChI=1S/C17H18Cl2O5.C6H6/c18-10-5-3-1-2-4-6-24-17(23)15-12(8-11(20)7-10)16(19)14(22)9-13(15)21;1-2-4-6-5-3-1/h1-2,9-10,21-22H,3-8H2;1-6H/b2-1+;. The molecular formula is C23H24Cl2O5. The van der Waals surface area contributed by atoms with E-state index in [4.69, 9.17) is 27.9 Å². The molecule has 1 aliphatic heterocycles. The van der Waals surface area contributed by atoms with Crippen LogP contribution >= 0.6 is 23.2 Å². The van der Waals surface area contributed by atoms with Crippen LogP contribution in [-0.2, 0) is 16.0 Å². The van der Waals surface area contributed by atoms with Crippen molar-refractivity contribution in [3.63, 3.8) is 0 Å². The van der Waals surface area contributed by atoms with Crippen molar-refractivity contribution >= 4 is 35.0 Å². The lowest BCUT2D eigenvalue weighted by Crippen LogP contribution is -2.16. The van der Waals surface area contributed by atoms with Crippen LogP contribution in [0.15, 0.2) is 54.6 Å². The Bertz CT molecular complexity index is 854. The van der Waals surface area contributed by atoms with Gasteiger partial charge in [-0.3, -0.25) is 4.79 Å². The van der Waals surface area contributed by atoms with Crippen LogP contribution in [-0.4, -0.2) is 33.9 Å². The number of ether oxygens (including phenoxy) is 1. The number of carbonyl (C=O) groups excluding carboxylic acids is 2. The van der Waals surface area contributed by atoms with Gasteiger partial charge in [0, 0.05) is 29.8 Å². The molecule has 0 radical (unpaired) electrons. The zero-order valence-corrected chi connectivity index (χ0v) is 17.9. The number of rotatable bonds is 0. The van der Waals surface area contributed by atoms with Crippen LogP contribution in [0.5, 0.6) is 11.5 Å². The summed E-state index contributed by atoms with van der Waals surface area (Å²) >= 11 is 12.2. The molecule has 0 spiro atoms. The van der Waals surface area contributed by atoms with E-state index in [2.05, 4.69) is 0 Å². The van der Waals surface area contributed by atoms with E-state index >= 15 is 0 Å². The van der Waals surface area contributed by atoms with Gasteiger partial charge in [-0.1, -0.05) is 60.2 Å². The molecule has 2 aromatic carbocycles. The molecule has 1 unspecified atom stereocenters. The molecule has 1 atom stereocenters. The van der Waals surface area contributed by atoms with Crippen molar-refractivity contribution in [3.8, 4) is 11.5 Å². The van der Waals surface area contributed by atoms with Crippen molar-refractivity contribution < 1.29 is 24.5 Å². The summed E-state index contributed by atoms with van der Waals surface area (Å²) in [6, 6.07) is 13.0. The fraction of sp³-hybridized carbons (Fsp3) is 0.304. The van der Waals surface area contributed by atoms with Gasteiger partial charge in [-0.25, -0.2) is 4.79 Å². The van der Waals surface area contributed by atoms with E-state index < -0.39 is 17.5 Å². The maximum absolute atomic E-state index is 12.2. The highest BCUT2D eigenvalue weighted by Crippen LogP contribution is 2.37. The van der Waals surface area contributed by atoms with E-state index in [0.717, 1.165) is 12.5 Å². The zero-order chi connectivity index (χ0) is 21.9. The van der Waals surface area contributed by atoms with Crippen LogP contribution in [0.4, 0.5) is 0 Å². The predicted octanol–water partition coefficient (Wildman–Crippen LogP) is 5.44. The fourth-order valence-corrected chi connectivity index (χ4v) is 3.40. The van der Waals surface area contributed by atoms with Gasteiger partial charge in [-0.05, 0) is 19.3 Å². The smallest absolute Gasteiger partial charge is 0.342 e. The Morgan fingerprint density at radius 1 is 0.933 bits per heavy atom.